The number of nitrogens with zero attached hydrogens (tertiary/aromatic N) is 1. The van der Waals surface area contributed by atoms with Gasteiger partial charge in [-0.3, -0.25) is 4.79 Å². The van der Waals surface area contributed by atoms with Gasteiger partial charge in [0.25, 0.3) is 5.91 Å². The molecule has 3 aromatic rings. The molecule has 2 aromatic carbocycles. The number of hydrogen-bond donors (Lipinski definition) is 2. The van der Waals surface area contributed by atoms with E-state index < -0.39 is 10.0 Å². The second-order valence-electron chi connectivity index (χ2n) is 7.46. The molecule has 0 radical (unpaired) electrons. The van der Waals surface area contributed by atoms with Crippen LogP contribution in [0.5, 0.6) is 0 Å². The van der Waals surface area contributed by atoms with Crippen molar-refractivity contribution in [3.05, 3.63) is 82.0 Å². The molecule has 6 nitrogen and oxygen atoms in total. The average Bonchev–Trinajstić information content (AvgIpc) is 3.26. The van der Waals surface area contributed by atoms with Crippen molar-refractivity contribution in [1.82, 2.24) is 9.62 Å². The van der Waals surface area contributed by atoms with Crippen LogP contribution in [0.25, 0.3) is 0 Å². The van der Waals surface area contributed by atoms with E-state index in [1.807, 2.05) is 55.9 Å². The number of carbonyl (C=O) groups excluding carboxylic acids is 1. The molecular formula is C23H27N3O3S2. The van der Waals surface area contributed by atoms with E-state index in [9.17, 15) is 13.2 Å². The normalized spacial score (nSPS) is 11.6. The predicted octanol–water partition coefficient (Wildman–Crippen LogP) is 3.63. The van der Waals surface area contributed by atoms with Crippen molar-refractivity contribution in [2.24, 2.45) is 0 Å². The monoisotopic (exact) mass is 457 g/mol. The number of anilines is 1. The van der Waals surface area contributed by atoms with Crippen molar-refractivity contribution in [2.45, 2.75) is 17.7 Å². The average molecular weight is 458 g/mol. The molecule has 0 unspecified atom stereocenters. The minimum absolute atomic E-state index is 0.139. The van der Waals surface area contributed by atoms with Gasteiger partial charge in [0.05, 0.1) is 4.90 Å². The summed E-state index contributed by atoms with van der Waals surface area (Å²) in [5, 5.41) is 4.81. The lowest BCUT2D eigenvalue weighted by Crippen LogP contribution is -2.26. The zero-order valence-corrected chi connectivity index (χ0v) is 19.3. The van der Waals surface area contributed by atoms with Crippen molar-refractivity contribution in [2.75, 3.05) is 32.5 Å². The number of nitrogens with one attached hydrogen (secondary N) is 2. The maximum atomic E-state index is 12.5. The van der Waals surface area contributed by atoms with Crippen molar-refractivity contribution in [3.63, 3.8) is 0 Å². The van der Waals surface area contributed by atoms with Crippen molar-refractivity contribution in [3.8, 4) is 0 Å². The molecule has 3 rings (SSSR count). The van der Waals surface area contributed by atoms with Gasteiger partial charge in [0.1, 0.15) is 0 Å². The highest BCUT2D eigenvalue weighted by Gasteiger charge is 2.15. The van der Waals surface area contributed by atoms with Gasteiger partial charge in [-0.2, -0.15) is 0 Å². The lowest BCUT2D eigenvalue weighted by atomic mass is 10.1. The Morgan fingerprint density at radius 1 is 0.968 bits per heavy atom. The third-order valence-electron chi connectivity index (χ3n) is 4.73. The van der Waals surface area contributed by atoms with Crippen LogP contribution >= 0.6 is 11.3 Å². The molecular weight excluding hydrogens is 430 g/mol. The van der Waals surface area contributed by atoms with E-state index in [0.717, 1.165) is 17.8 Å². The minimum Gasteiger partial charge on any atom is -0.322 e. The zero-order chi connectivity index (χ0) is 22.3. The standard InChI is InChI=1S/C23H27N3O3S2/c1-26(2)16-14-18-5-9-20(10-6-18)25-23(27)19-7-11-22(12-8-19)31(28,29)24-15-13-21-4-3-17-30-21/h3-12,17,24H,13-16H2,1-2H3,(H,25,27). The van der Waals surface area contributed by atoms with Gasteiger partial charge < -0.3 is 10.2 Å². The first-order chi connectivity index (χ1) is 14.8. The maximum Gasteiger partial charge on any atom is 0.255 e. The highest BCUT2D eigenvalue weighted by Crippen LogP contribution is 2.15. The summed E-state index contributed by atoms with van der Waals surface area (Å²) < 4.78 is 27.5. The first-order valence-corrected chi connectivity index (χ1v) is 12.4. The molecule has 0 spiro atoms. The van der Waals surface area contributed by atoms with Crippen LogP contribution in [0, 0.1) is 0 Å². The number of carbonyl (C=O) groups is 1. The highest BCUT2D eigenvalue weighted by atomic mass is 32.2. The molecule has 2 N–H and O–H groups in total. The third kappa shape index (κ3) is 7.00. The fraction of sp³-hybridized carbons (Fsp3) is 0.261. The summed E-state index contributed by atoms with van der Waals surface area (Å²) in [5.74, 6) is -0.282. The van der Waals surface area contributed by atoms with E-state index in [0.29, 0.717) is 24.2 Å². The predicted molar refractivity (Wildman–Crippen MR) is 126 cm³/mol. The number of sulfonamides is 1. The fourth-order valence-corrected chi connectivity index (χ4v) is 4.68. The van der Waals surface area contributed by atoms with Crippen LogP contribution in [0.1, 0.15) is 20.8 Å². The summed E-state index contributed by atoms with van der Waals surface area (Å²) in [6, 6.07) is 17.6. The molecule has 1 aromatic heterocycles. The van der Waals surface area contributed by atoms with E-state index in [4.69, 9.17) is 0 Å². The summed E-state index contributed by atoms with van der Waals surface area (Å²) in [5.41, 5.74) is 2.30. The molecule has 0 fully saturated rings. The molecule has 1 heterocycles. The largest absolute Gasteiger partial charge is 0.322 e. The third-order valence-corrected chi connectivity index (χ3v) is 7.14. The van der Waals surface area contributed by atoms with Crippen molar-refractivity contribution < 1.29 is 13.2 Å². The Morgan fingerprint density at radius 3 is 2.29 bits per heavy atom. The molecule has 0 bridgehead atoms. The molecule has 0 saturated carbocycles. The zero-order valence-electron chi connectivity index (χ0n) is 17.7. The Hall–Kier alpha value is -2.52. The SMILES string of the molecule is CN(C)CCc1ccc(NC(=O)c2ccc(S(=O)(=O)NCCc3cccs3)cc2)cc1. The van der Waals surface area contributed by atoms with E-state index >= 15 is 0 Å². The fourth-order valence-electron chi connectivity index (χ4n) is 2.94. The topological polar surface area (TPSA) is 78.5 Å². The smallest absolute Gasteiger partial charge is 0.255 e. The molecule has 31 heavy (non-hydrogen) atoms. The molecule has 1 amide bonds. The lowest BCUT2D eigenvalue weighted by Gasteiger charge is -2.10. The van der Waals surface area contributed by atoms with Crippen LogP contribution in [0.3, 0.4) is 0 Å². The van der Waals surface area contributed by atoms with Gasteiger partial charge in [0, 0.05) is 29.2 Å². The Balaban J connectivity index is 1.55. The van der Waals surface area contributed by atoms with Crippen LogP contribution in [-0.4, -0.2) is 46.4 Å². The summed E-state index contributed by atoms with van der Waals surface area (Å²) >= 11 is 1.60. The van der Waals surface area contributed by atoms with Crippen LogP contribution in [0.4, 0.5) is 5.69 Å². The molecule has 0 aliphatic carbocycles. The molecule has 0 saturated heterocycles. The molecule has 0 aliphatic heterocycles. The highest BCUT2D eigenvalue weighted by molar-refractivity contribution is 7.89. The van der Waals surface area contributed by atoms with Crippen LogP contribution in [-0.2, 0) is 22.9 Å². The maximum absolute atomic E-state index is 12.5. The van der Waals surface area contributed by atoms with Crippen LogP contribution < -0.4 is 10.0 Å². The van der Waals surface area contributed by atoms with Gasteiger partial charge in [-0.05, 0) is 80.3 Å². The van der Waals surface area contributed by atoms with E-state index in [2.05, 4.69) is 14.9 Å². The van der Waals surface area contributed by atoms with Crippen LogP contribution in [0.2, 0.25) is 0 Å². The Labute approximate surface area is 188 Å². The molecule has 0 aliphatic rings. The number of hydrogen-bond acceptors (Lipinski definition) is 5. The Bertz CT molecular complexity index is 1080. The number of rotatable bonds is 10. The van der Waals surface area contributed by atoms with Gasteiger partial charge in [0.15, 0.2) is 0 Å². The van der Waals surface area contributed by atoms with Gasteiger partial charge in [-0.25, -0.2) is 13.1 Å². The number of likely N-dealkylation sites (N-methyl/N-ethyl adjacent to an activating group) is 1. The molecule has 8 heteroatoms. The van der Waals surface area contributed by atoms with E-state index in [-0.39, 0.29) is 10.8 Å². The van der Waals surface area contributed by atoms with Crippen molar-refractivity contribution in [1.29, 1.82) is 0 Å². The second-order valence-corrected chi connectivity index (χ2v) is 10.3. The van der Waals surface area contributed by atoms with Crippen molar-refractivity contribution >= 4 is 33.0 Å². The first-order valence-electron chi connectivity index (χ1n) is 10.0. The Kier molecular flexibility index (Phi) is 7.97. The minimum atomic E-state index is -3.61. The Morgan fingerprint density at radius 2 is 1.68 bits per heavy atom. The van der Waals surface area contributed by atoms with Gasteiger partial charge >= 0.3 is 0 Å². The first kappa shape index (κ1) is 23.1. The number of thiophene rings is 1. The van der Waals surface area contributed by atoms with Crippen LogP contribution in [0.15, 0.2) is 70.9 Å². The van der Waals surface area contributed by atoms with Gasteiger partial charge in [-0.15, -0.1) is 11.3 Å². The summed E-state index contributed by atoms with van der Waals surface area (Å²) in [7, 11) is 0.456. The van der Waals surface area contributed by atoms with E-state index in [1.165, 1.54) is 29.8 Å². The summed E-state index contributed by atoms with van der Waals surface area (Å²) in [6.45, 7) is 1.29. The van der Waals surface area contributed by atoms with Gasteiger partial charge in [0.2, 0.25) is 10.0 Å². The summed E-state index contributed by atoms with van der Waals surface area (Å²) in [6.07, 6.45) is 1.59. The summed E-state index contributed by atoms with van der Waals surface area (Å²) in [4.78, 5) is 15.9. The quantitative estimate of drug-likeness (QED) is 0.487. The number of benzene rings is 2. The van der Waals surface area contributed by atoms with Gasteiger partial charge in [-0.1, -0.05) is 18.2 Å². The lowest BCUT2D eigenvalue weighted by molar-refractivity contribution is 0.102. The molecule has 0 atom stereocenters. The second kappa shape index (κ2) is 10.7. The van der Waals surface area contributed by atoms with E-state index in [1.54, 1.807) is 11.3 Å². The molecule has 164 valence electrons. The number of amides is 1.